The Hall–Kier alpha value is -2.90. The number of piperidine rings is 1. The fourth-order valence-corrected chi connectivity index (χ4v) is 2.71. The van der Waals surface area contributed by atoms with Crippen LogP contribution in [-0.4, -0.2) is 54.8 Å². The molecule has 0 atom stereocenters. The molecule has 1 aromatic rings. The molecule has 0 aromatic heterocycles. The van der Waals surface area contributed by atoms with E-state index in [-0.39, 0.29) is 43.2 Å². The Balaban J connectivity index is 1.63. The van der Waals surface area contributed by atoms with Crippen LogP contribution < -0.4 is 11.1 Å². The minimum Gasteiger partial charge on any atom is -0.454 e. The summed E-state index contributed by atoms with van der Waals surface area (Å²) in [6.07, 6.45) is 1.21. The zero-order chi connectivity index (χ0) is 18.9. The van der Waals surface area contributed by atoms with Crippen LogP contribution in [-0.2, 0) is 30.3 Å². The first-order valence-electron chi connectivity index (χ1n) is 8.49. The Morgan fingerprint density at radius 3 is 2.38 bits per heavy atom. The summed E-state index contributed by atoms with van der Waals surface area (Å²) in [5.41, 5.74) is 6.09. The molecule has 1 heterocycles. The normalized spacial score (nSPS) is 14.5. The highest BCUT2D eigenvalue weighted by atomic mass is 16.5. The van der Waals surface area contributed by atoms with E-state index in [0.29, 0.717) is 25.9 Å². The standard InChI is InChI=1S/C18H23N3O5/c19-18(25)14-6-8-21(9-7-14)16(23)12-26-17(24)11-20-15(22)10-13-4-2-1-3-5-13/h1-5,14H,6-12H2,(H2,19,25)(H,20,22). The molecule has 1 aliphatic rings. The number of nitrogens with zero attached hydrogens (tertiary/aromatic N) is 1. The Morgan fingerprint density at radius 2 is 1.77 bits per heavy atom. The van der Waals surface area contributed by atoms with Gasteiger partial charge in [0.25, 0.3) is 5.91 Å². The van der Waals surface area contributed by atoms with E-state index < -0.39 is 5.97 Å². The number of carbonyl (C=O) groups is 4. The Kier molecular flexibility index (Phi) is 7.13. The first-order chi connectivity index (χ1) is 12.5. The average molecular weight is 361 g/mol. The maximum Gasteiger partial charge on any atom is 0.325 e. The fourth-order valence-electron chi connectivity index (χ4n) is 2.71. The number of ether oxygens (including phenoxy) is 1. The minimum absolute atomic E-state index is 0.169. The number of primary amides is 1. The Morgan fingerprint density at radius 1 is 1.12 bits per heavy atom. The van der Waals surface area contributed by atoms with Crippen LogP contribution in [0.15, 0.2) is 30.3 Å². The quantitative estimate of drug-likeness (QED) is 0.641. The van der Waals surface area contributed by atoms with Gasteiger partial charge in [0.15, 0.2) is 6.61 Å². The highest BCUT2D eigenvalue weighted by Gasteiger charge is 2.26. The molecule has 0 spiro atoms. The zero-order valence-corrected chi connectivity index (χ0v) is 14.5. The van der Waals surface area contributed by atoms with Crippen molar-refractivity contribution in [3.8, 4) is 0 Å². The van der Waals surface area contributed by atoms with E-state index in [9.17, 15) is 19.2 Å². The largest absolute Gasteiger partial charge is 0.454 e. The molecule has 8 nitrogen and oxygen atoms in total. The van der Waals surface area contributed by atoms with E-state index >= 15 is 0 Å². The number of benzene rings is 1. The molecule has 0 unspecified atom stereocenters. The van der Waals surface area contributed by atoms with Gasteiger partial charge in [-0.1, -0.05) is 30.3 Å². The molecule has 8 heteroatoms. The molecule has 140 valence electrons. The summed E-state index contributed by atoms with van der Waals surface area (Å²) in [5.74, 6) is -1.85. The van der Waals surface area contributed by atoms with Crippen molar-refractivity contribution in [3.05, 3.63) is 35.9 Å². The van der Waals surface area contributed by atoms with Gasteiger partial charge in [-0.05, 0) is 18.4 Å². The van der Waals surface area contributed by atoms with Crippen LogP contribution in [0.3, 0.4) is 0 Å². The third-order valence-electron chi connectivity index (χ3n) is 4.24. The van der Waals surface area contributed by atoms with Crippen LogP contribution in [0.5, 0.6) is 0 Å². The summed E-state index contributed by atoms with van der Waals surface area (Å²) in [7, 11) is 0. The Labute approximate surface area is 151 Å². The van der Waals surface area contributed by atoms with Gasteiger partial charge in [0.2, 0.25) is 11.8 Å². The lowest BCUT2D eigenvalue weighted by molar-refractivity contribution is -0.152. The van der Waals surface area contributed by atoms with Crippen molar-refractivity contribution in [2.45, 2.75) is 19.3 Å². The second kappa shape index (κ2) is 9.55. The highest BCUT2D eigenvalue weighted by Crippen LogP contribution is 2.16. The van der Waals surface area contributed by atoms with E-state index in [1.807, 2.05) is 30.3 Å². The average Bonchev–Trinajstić information content (AvgIpc) is 2.65. The summed E-state index contributed by atoms with van der Waals surface area (Å²) >= 11 is 0. The molecule has 3 amide bonds. The SMILES string of the molecule is NC(=O)C1CCN(C(=O)COC(=O)CNC(=O)Cc2ccccc2)CC1. The summed E-state index contributed by atoms with van der Waals surface area (Å²) in [6.45, 7) is 0.160. The molecule has 26 heavy (non-hydrogen) atoms. The molecule has 1 fully saturated rings. The van der Waals surface area contributed by atoms with E-state index in [1.54, 1.807) is 4.90 Å². The minimum atomic E-state index is -0.674. The fraction of sp³-hybridized carbons (Fsp3) is 0.444. The molecule has 3 N–H and O–H groups in total. The summed E-state index contributed by atoms with van der Waals surface area (Å²) in [6, 6.07) is 9.14. The van der Waals surface area contributed by atoms with Crippen molar-refractivity contribution < 1.29 is 23.9 Å². The lowest BCUT2D eigenvalue weighted by Crippen LogP contribution is -2.43. The third-order valence-corrected chi connectivity index (χ3v) is 4.24. The highest BCUT2D eigenvalue weighted by molar-refractivity contribution is 5.85. The zero-order valence-electron chi connectivity index (χ0n) is 14.5. The molecule has 0 saturated carbocycles. The third kappa shape index (κ3) is 6.19. The van der Waals surface area contributed by atoms with Crippen LogP contribution in [0.2, 0.25) is 0 Å². The van der Waals surface area contributed by atoms with E-state index in [0.717, 1.165) is 5.56 Å². The van der Waals surface area contributed by atoms with Gasteiger partial charge in [-0.25, -0.2) is 0 Å². The van der Waals surface area contributed by atoms with Crippen molar-refractivity contribution in [1.82, 2.24) is 10.2 Å². The molecule has 0 radical (unpaired) electrons. The van der Waals surface area contributed by atoms with Gasteiger partial charge in [-0.2, -0.15) is 0 Å². The van der Waals surface area contributed by atoms with Gasteiger partial charge in [0.05, 0.1) is 6.42 Å². The molecular weight excluding hydrogens is 338 g/mol. The number of likely N-dealkylation sites (tertiary alicyclic amines) is 1. The molecule has 0 bridgehead atoms. The first kappa shape index (κ1) is 19.4. The first-order valence-corrected chi connectivity index (χ1v) is 8.49. The van der Waals surface area contributed by atoms with Gasteiger partial charge in [-0.15, -0.1) is 0 Å². The van der Waals surface area contributed by atoms with E-state index in [4.69, 9.17) is 10.5 Å². The van der Waals surface area contributed by atoms with Crippen molar-refractivity contribution in [1.29, 1.82) is 0 Å². The van der Waals surface area contributed by atoms with Crippen molar-refractivity contribution in [2.24, 2.45) is 11.7 Å². The van der Waals surface area contributed by atoms with Crippen LogP contribution in [0.4, 0.5) is 0 Å². The van der Waals surface area contributed by atoms with Gasteiger partial charge < -0.3 is 20.7 Å². The number of hydrogen-bond acceptors (Lipinski definition) is 5. The lowest BCUT2D eigenvalue weighted by Gasteiger charge is -2.30. The molecule has 2 rings (SSSR count). The van der Waals surface area contributed by atoms with Crippen molar-refractivity contribution in [2.75, 3.05) is 26.2 Å². The van der Waals surface area contributed by atoms with Gasteiger partial charge >= 0.3 is 5.97 Å². The maximum absolute atomic E-state index is 12.0. The van der Waals surface area contributed by atoms with Crippen LogP contribution in [0.1, 0.15) is 18.4 Å². The smallest absolute Gasteiger partial charge is 0.325 e. The Bertz CT molecular complexity index is 654. The van der Waals surface area contributed by atoms with Crippen LogP contribution in [0.25, 0.3) is 0 Å². The summed E-state index contributed by atoms with van der Waals surface area (Å²) in [5, 5.41) is 2.46. The second-order valence-electron chi connectivity index (χ2n) is 6.16. The summed E-state index contributed by atoms with van der Waals surface area (Å²) in [4.78, 5) is 48.1. The molecule has 1 aliphatic heterocycles. The predicted octanol–water partition coefficient (Wildman–Crippen LogP) is -0.388. The molecule has 1 aromatic carbocycles. The van der Waals surface area contributed by atoms with Gasteiger partial charge in [-0.3, -0.25) is 19.2 Å². The van der Waals surface area contributed by atoms with Crippen molar-refractivity contribution >= 4 is 23.7 Å². The number of hydrogen-bond donors (Lipinski definition) is 2. The molecular formula is C18H23N3O5. The number of carbonyl (C=O) groups excluding carboxylic acids is 4. The van der Waals surface area contributed by atoms with Crippen molar-refractivity contribution in [3.63, 3.8) is 0 Å². The predicted molar refractivity (Wildman–Crippen MR) is 92.6 cm³/mol. The summed E-state index contributed by atoms with van der Waals surface area (Å²) < 4.78 is 4.90. The van der Waals surface area contributed by atoms with Crippen LogP contribution >= 0.6 is 0 Å². The molecule has 1 saturated heterocycles. The maximum atomic E-state index is 12.0. The lowest BCUT2D eigenvalue weighted by atomic mass is 9.96. The van der Waals surface area contributed by atoms with Crippen LogP contribution in [0, 0.1) is 5.92 Å². The number of nitrogens with one attached hydrogen (secondary N) is 1. The number of esters is 1. The monoisotopic (exact) mass is 361 g/mol. The van der Waals surface area contributed by atoms with E-state index in [2.05, 4.69) is 5.32 Å². The van der Waals surface area contributed by atoms with Gasteiger partial charge in [0, 0.05) is 19.0 Å². The topological polar surface area (TPSA) is 119 Å². The number of rotatable bonds is 7. The van der Waals surface area contributed by atoms with E-state index in [1.165, 1.54) is 0 Å². The number of nitrogens with two attached hydrogens (primary N) is 1. The number of amides is 3. The van der Waals surface area contributed by atoms with Gasteiger partial charge in [0.1, 0.15) is 6.54 Å². The molecule has 0 aliphatic carbocycles. The second-order valence-corrected chi connectivity index (χ2v) is 6.16.